The second-order valence-electron chi connectivity index (χ2n) is 6.55. The second kappa shape index (κ2) is 8.42. The van der Waals surface area contributed by atoms with Gasteiger partial charge in [-0.2, -0.15) is 12.6 Å². The van der Waals surface area contributed by atoms with Crippen LogP contribution in [0.4, 0.5) is 0 Å². The topological polar surface area (TPSA) is 49.3 Å². The van der Waals surface area contributed by atoms with Crippen molar-refractivity contribution in [1.82, 2.24) is 5.32 Å². The molecule has 138 valence electrons. The van der Waals surface area contributed by atoms with Crippen LogP contribution in [0.3, 0.4) is 0 Å². The minimum Gasteiger partial charge on any atom is -0.480 e. The largest absolute Gasteiger partial charge is 0.480 e. The summed E-state index contributed by atoms with van der Waals surface area (Å²) in [7, 11) is 0. The summed E-state index contributed by atoms with van der Waals surface area (Å²) < 4.78 is 0. The quantitative estimate of drug-likeness (QED) is 0.424. The molecule has 2 unspecified atom stereocenters. The molecule has 0 aromatic heterocycles. The molecule has 3 aromatic carbocycles. The Kier molecular flexibility index (Phi) is 5.99. The molecule has 0 saturated carbocycles. The summed E-state index contributed by atoms with van der Waals surface area (Å²) >= 11 is 4.44. The van der Waals surface area contributed by atoms with Crippen molar-refractivity contribution in [2.75, 3.05) is 0 Å². The van der Waals surface area contributed by atoms with Crippen molar-refractivity contribution in [2.24, 2.45) is 0 Å². The highest BCUT2D eigenvalue weighted by molar-refractivity contribution is 7.81. The number of carboxylic acids is 1. The Bertz CT molecular complexity index is 770. The van der Waals surface area contributed by atoms with Crippen LogP contribution in [-0.2, 0) is 10.3 Å². The van der Waals surface area contributed by atoms with Crippen LogP contribution in [0.2, 0.25) is 0 Å². The zero-order chi connectivity index (χ0) is 19.3. The zero-order valence-electron chi connectivity index (χ0n) is 15.1. The minimum atomic E-state index is -0.926. The van der Waals surface area contributed by atoms with Crippen LogP contribution < -0.4 is 5.32 Å². The van der Waals surface area contributed by atoms with Gasteiger partial charge in [-0.05, 0) is 16.7 Å². The summed E-state index contributed by atoms with van der Waals surface area (Å²) in [6, 6.07) is 29.0. The van der Waals surface area contributed by atoms with Crippen LogP contribution in [0, 0.1) is 0 Å². The average molecular weight is 378 g/mol. The number of rotatable bonds is 7. The highest BCUT2D eigenvalue weighted by Gasteiger charge is 2.40. The van der Waals surface area contributed by atoms with Crippen molar-refractivity contribution in [1.29, 1.82) is 0 Å². The van der Waals surface area contributed by atoms with Crippen molar-refractivity contribution in [2.45, 2.75) is 23.8 Å². The first-order valence-electron chi connectivity index (χ1n) is 8.91. The Balaban J connectivity index is 2.30. The molecule has 0 aliphatic heterocycles. The molecule has 0 spiro atoms. The summed E-state index contributed by atoms with van der Waals surface area (Å²) in [6.07, 6.45) is 0. The molecule has 2 atom stereocenters. The lowest BCUT2D eigenvalue weighted by atomic mass is 9.76. The number of carboxylic acid groups (broad SMARTS) is 1. The van der Waals surface area contributed by atoms with Crippen LogP contribution in [0.5, 0.6) is 0 Å². The van der Waals surface area contributed by atoms with Crippen molar-refractivity contribution in [3.05, 3.63) is 108 Å². The van der Waals surface area contributed by atoms with E-state index < -0.39 is 17.6 Å². The number of benzene rings is 3. The number of carbonyl (C=O) groups is 1. The molecule has 0 aliphatic rings. The predicted molar refractivity (Wildman–Crippen MR) is 112 cm³/mol. The van der Waals surface area contributed by atoms with Gasteiger partial charge in [0, 0.05) is 5.25 Å². The number of aliphatic carboxylic acids is 1. The van der Waals surface area contributed by atoms with Crippen LogP contribution >= 0.6 is 12.6 Å². The Morgan fingerprint density at radius 2 is 1.15 bits per heavy atom. The van der Waals surface area contributed by atoms with Gasteiger partial charge in [-0.1, -0.05) is 97.9 Å². The van der Waals surface area contributed by atoms with E-state index in [-0.39, 0.29) is 5.25 Å². The van der Waals surface area contributed by atoms with Gasteiger partial charge in [0.05, 0.1) is 5.54 Å². The third kappa shape index (κ3) is 3.92. The maximum atomic E-state index is 12.0. The van der Waals surface area contributed by atoms with E-state index >= 15 is 0 Å². The molecule has 3 aromatic rings. The summed E-state index contributed by atoms with van der Waals surface area (Å²) in [5.41, 5.74) is 2.11. The van der Waals surface area contributed by atoms with Gasteiger partial charge in [0.15, 0.2) is 0 Å². The second-order valence-corrected chi connectivity index (χ2v) is 7.36. The molecule has 0 amide bonds. The molecule has 27 heavy (non-hydrogen) atoms. The molecule has 0 fully saturated rings. The predicted octanol–water partition coefficient (Wildman–Crippen LogP) is 4.34. The van der Waals surface area contributed by atoms with Crippen molar-refractivity contribution in [3.63, 3.8) is 0 Å². The van der Waals surface area contributed by atoms with Gasteiger partial charge in [-0.15, -0.1) is 0 Å². The first-order chi connectivity index (χ1) is 13.1. The van der Waals surface area contributed by atoms with Crippen LogP contribution in [-0.4, -0.2) is 22.4 Å². The molecule has 2 N–H and O–H groups in total. The molecule has 4 heteroatoms. The normalized spacial score (nSPS) is 13.7. The van der Waals surface area contributed by atoms with Gasteiger partial charge in [-0.3, -0.25) is 10.1 Å². The van der Waals surface area contributed by atoms with E-state index in [1.807, 2.05) is 91.0 Å². The Labute approximate surface area is 165 Å². The lowest BCUT2D eigenvalue weighted by Crippen LogP contribution is -2.55. The van der Waals surface area contributed by atoms with Gasteiger partial charge in [0.25, 0.3) is 0 Å². The number of nitrogens with one attached hydrogen (secondary N) is 1. The standard InChI is InChI=1S/C23H23NO2S/c1-17(27)21(22(25)26)24-23(18-11-5-2-6-12-18,19-13-7-3-8-14-19)20-15-9-4-10-16-20/h2-17,21,24,27H,1H3,(H,25,26). The summed E-state index contributed by atoms with van der Waals surface area (Å²) in [5, 5.41) is 12.9. The number of hydrogen-bond acceptors (Lipinski definition) is 3. The van der Waals surface area contributed by atoms with Crippen molar-refractivity contribution < 1.29 is 9.90 Å². The minimum absolute atomic E-state index is 0.377. The smallest absolute Gasteiger partial charge is 0.321 e. The molecular weight excluding hydrogens is 354 g/mol. The molecule has 0 saturated heterocycles. The van der Waals surface area contributed by atoms with E-state index in [9.17, 15) is 9.90 Å². The SMILES string of the molecule is CC(S)C(NC(c1ccccc1)(c1ccccc1)c1ccccc1)C(=O)O. The van der Waals surface area contributed by atoms with E-state index in [1.165, 1.54) is 0 Å². The number of hydrogen-bond donors (Lipinski definition) is 3. The maximum absolute atomic E-state index is 12.0. The first kappa shape index (κ1) is 19.2. The lowest BCUT2D eigenvalue weighted by Gasteiger charge is -2.40. The van der Waals surface area contributed by atoms with E-state index in [1.54, 1.807) is 6.92 Å². The Morgan fingerprint density at radius 3 is 1.41 bits per heavy atom. The highest BCUT2D eigenvalue weighted by atomic mass is 32.1. The van der Waals surface area contributed by atoms with Crippen molar-refractivity contribution >= 4 is 18.6 Å². The summed E-state index contributed by atoms with van der Waals surface area (Å²) in [6.45, 7) is 1.79. The average Bonchev–Trinajstić information content (AvgIpc) is 2.70. The van der Waals surface area contributed by atoms with Gasteiger partial charge >= 0.3 is 5.97 Å². The van der Waals surface area contributed by atoms with E-state index in [2.05, 4.69) is 17.9 Å². The zero-order valence-corrected chi connectivity index (χ0v) is 16.0. The van der Waals surface area contributed by atoms with E-state index in [4.69, 9.17) is 0 Å². The highest BCUT2D eigenvalue weighted by Crippen LogP contribution is 2.37. The molecule has 0 radical (unpaired) electrons. The number of thiol groups is 1. The molecule has 3 nitrogen and oxygen atoms in total. The fourth-order valence-electron chi connectivity index (χ4n) is 3.44. The van der Waals surface area contributed by atoms with E-state index in [0.717, 1.165) is 16.7 Å². The third-order valence-corrected chi connectivity index (χ3v) is 5.04. The summed E-state index contributed by atoms with van der Waals surface area (Å²) in [5.74, 6) is -0.926. The van der Waals surface area contributed by atoms with Crippen molar-refractivity contribution in [3.8, 4) is 0 Å². The van der Waals surface area contributed by atoms with Crippen LogP contribution in [0.1, 0.15) is 23.6 Å². The molecule has 0 heterocycles. The third-order valence-electron chi connectivity index (χ3n) is 4.74. The maximum Gasteiger partial charge on any atom is 0.321 e. The first-order valence-corrected chi connectivity index (χ1v) is 9.42. The van der Waals surface area contributed by atoms with Gasteiger partial charge < -0.3 is 5.11 Å². The summed E-state index contributed by atoms with van der Waals surface area (Å²) in [4.78, 5) is 12.0. The molecular formula is C23H23NO2S. The molecule has 0 bridgehead atoms. The Hall–Kier alpha value is -2.56. The fraction of sp³-hybridized carbons (Fsp3) is 0.174. The Morgan fingerprint density at radius 1 is 0.815 bits per heavy atom. The van der Waals surface area contributed by atoms with Crippen LogP contribution in [0.15, 0.2) is 91.0 Å². The van der Waals surface area contributed by atoms with Crippen LogP contribution in [0.25, 0.3) is 0 Å². The molecule has 3 rings (SSSR count). The van der Waals surface area contributed by atoms with Gasteiger partial charge in [0.2, 0.25) is 0 Å². The molecule has 0 aliphatic carbocycles. The van der Waals surface area contributed by atoms with Gasteiger partial charge in [0.1, 0.15) is 6.04 Å². The fourth-order valence-corrected chi connectivity index (χ4v) is 3.64. The van der Waals surface area contributed by atoms with Gasteiger partial charge in [-0.25, -0.2) is 0 Å². The van der Waals surface area contributed by atoms with E-state index in [0.29, 0.717) is 0 Å². The monoisotopic (exact) mass is 377 g/mol. The lowest BCUT2D eigenvalue weighted by molar-refractivity contribution is -0.139.